The summed E-state index contributed by atoms with van der Waals surface area (Å²) in [4.78, 5) is 12.0. The third-order valence-corrected chi connectivity index (χ3v) is 3.38. The lowest BCUT2D eigenvalue weighted by molar-refractivity contribution is -0.143. The lowest BCUT2D eigenvalue weighted by Crippen LogP contribution is -2.15. The van der Waals surface area contributed by atoms with Gasteiger partial charge < -0.3 is 14.2 Å². The van der Waals surface area contributed by atoms with Crippen LogP contribution in [0.1, 0.15) is 21.5 Å². The summed E-state index contributed by atoms with van der Waals surface area (Å²) in [5.74, 6) is -0.899. The van der Waals surface area contributed by atoms with E-state index in [2.05, 4.69) is 0 Å². The molecule has 1 aliphatic heterocycles. The number of benzene rings is 2. The van der Waals surface area contributed by atoms with E-state index in [0.717, 1.165) is 0 Å². The van der Waals surface area contributed by atoms with Crippen molar-refractivity contribution in [3.63, 3.8) is 0 Å². The van der Waals surface area contributed by atoms with Gasteiger partial charge in [0, 0.05) is 6.07 Å². The summed E-state index contributed by atoms with van der Waals surface area (Å²) >= 11 is 0. The summed E-state index contributed by atoms with van der Waals surface area (Å²) in [6, 6.07) is 4.41. The standard InChI is InChI=1S/C16H8F6O4/c17-15(18,19)9-3-8(4-10(5-9)16(20,21)22)14(23)26-11-1-2-12-13(6-11)25-7-24-12/h1-6H,7H2. The minimum Gasteiger partial charge on any atom is -0.454 e. The first-order chi connectivity index (χ1) is 12.0. The molecule has 4 nitrogen and oxygen atoms in total. The molecule has 0 aromatic heterocycles. The van der Waals surface area contributed by atoms with E-state index in [0.29, 0.717) is 17.9 Å². The van der Waals surface area contributed by atoms with Crippen LogP contribution in [0.3, 0.4) is 0 Å². The van der Waals surface area contributed by atoms with Gasteiger partial charge in [0.25, 0.3) is 0 Å². The van der Waals surface area contributed by atoms with Crippen LogP contribution >= 0.6 is 0 Å². The quantitative estimate of drug-likeness (QED) is 0.433. The molecular formula is C16H8F6O4. The molecule has 0 atom stereocenters. The second-order valence-electron chi connectivity index (χ2n) is 5.20. The Morgan fingerprint density at radius 3 is 2.00 bits per heavy atom. The van der Waals surface area contributed by atoms with Crippen molar-refractivity contribution in [3.05, 3.63) is 53.1 Å². The molecule has 1 heterocycles. The highest BCUT2D eigenvalue weighted by molar-refractivity contribution is 5.91. The molecule has 0 radical (unpaired) electrons. The van der Waals surface area contributed by atoms with Gasteiger partial charge in [-0.3, -0.25) is 0 Å². The van der Waals surface area contributed by atoms with Crippen LogP contribution in [0.5, 0.6) is 17.2 Å². The Hall–Kier alpha value is -2.91. The molecule has 0 spiro atoms. The third-order valence-electron chi connectivity index (χ3n) is 3.38. The zero-order valence-corrected chi connectivity index (χ0v) is 12.6. The molecule has 0 N–H and O–H groups in total. The molecule has 26 heavy (non-hydrogen) atoms. The first kappa shape index (κ1) is 17.9. The molecule has 0 amide bonds. The fourth-order valence-electron chi connectivity index (χ4n) is 2.18. The number of esters is 1. The van der Waals surface area contributed by atoms with Crippen LogP contribution in [0.15, 0.2) is 36.4 Å². The highest BCUT2D eigenvalue weighted by Gasteiger charge is 2.37. The number of alkyl halides is 6. The topological polar surface area (TPSA) is 44.8 Å². The predicted molar refractivity (Wildman–Crippen MR) is 74.0 cm³/mol. The minimum absolute atomic E-state index is 0.0602. The molecule has 0 unspecified atom stereocenters. The first-order valence-electron chi connectivity index (χ1n) is 6.95. The van der Waals surface area contributed by atoms with Crippen molar-refractivity contribution in [3.8, 4) is 17.2 Å². The Kier molecular flexibility index (Phi) is 4.21. The lowest BCUT2D eigenvalue weighted by atomic mass is 10.0. The van der Waals surface area contributed by atoms with Crippen LogP contribution in [0.2, 0.25) is 0 Å². The molecule has 1 aliphatic rings. The van der Waals surface area contributed by atoms with E-state index >= 15 is 0 Å². The van der Waals surface area contributed by atoms with Gasteiger partial charge in [-0.15, -0.1) is 0 Å². The Bertz CT molecular complexity index is 825. The van der Waals surface area contributed by atoms with Crippen LogP contribution in [0.25, 0.3) is 0 Å². The highest BCUT2D eigenvalue weighted by Crippen LogP contribution is 2.37. The summed E-state index contributed by atoms with van der Waals surface area (Å²) in [6.45, 7) is -0.0602. The lowest BCUT2D eigenvalue weighted by Gasteiger charge is -2.14. The van der Waals surface area contributed by atoms with Gasteiger partial charge >= 0.3 is 18.3 Å². The smallest absolute Gasteiger partial charge is 0.416 e. The molecule has 0 saturated heterocycles. The average Bonchev–Trinajstić information content (AvgIpc) is 3.00. The van der Waals surface area contributed by atoms with Crippen LogP contribution in [-0.2, 0) is 12.4 Å². The molecule has 138 valence electrons. The predicted octanol–water partition coefficient (Wildman–Crippen LogP) is 4.67. The number of halogens is 6. The van der Waals surface area contributed by atoms with Gasteiger partial charge in [-0.05, 0) is 30.3 Å². The molecule has 0 saturated carbocycles. The van der Waals surface area contributed by atoms with Gasteiger partial charge in [0.2, 0.25) is 6.79 Å². The van der Waals surface area contributed by atoms with Gasteiger partial charge in [-0.2, -0.15) is 26.3 Å². The maximum atomic E-state index is 12.8. The van der Waals surface area contributed by atoms with E-state index in [1.54, 1.807) is 0 Å². The Balaban J connectivity index is 1.93. The number of rotatable bonds is 2. The van der Waals surface area contributed by atoms with Gasteiger partial charge in [-0.25, -0.2) is 4.79 Å². The van der Waals surface area contributed by atoms with Gasteiger partial charge in [0.1, 0.15) is 5.75 Å². The molecule has 0 aliphatic carbocycles. The number of hydrogen-bond acceptors (Lipinski definition) is 4. The van der Waals surface area contributed by atoms with Crippen molar-refractivity contribution in [2.24, 2.45) is 0 Å². The molecule has 2 aromatic rings. The van der Waals surface area contributed by atoms with Crippen LogP contribution in [0.4, 0.5) is 26.3 Å². The molecule has 2 aromatic carbocycles. The number of carbonyl (C=O) groups is 1. The van der Waals surface area contributed by atoms with E-state index in [4.69, 9.17) is 14.2 Å². The average molecular weight is 378 g/mol. The third kappa shape index (κ3) is 3.68. The Labute approximate surface area is 141 Å². The van der Waals surface area contributed by atoms with E-state index < -0.39 is 35.0 Å². The summed E-state index contributed by atoms with van der Waals surface area (Å²) in [5, 5.41) is 0. The van der Waals surface area contributed by atoms with Crippen LogP contribution in [0, 0.1) is 0 Å². The molecule has 0 bridgehead atoms. The zero-order valence-electron chi connectivity index (χ0n) is 12.6. The highest BCUT2D eigenvalue weighted by atomic mass is 19.4. The summed E-state index contributed by atoms with van der Waals surface area (Å²) in [5.41, 5.74) is -4.10. The molecule has 0 fully saturated rings. The van der Waals surface area contributed by atoms with Crippen molar-refractivity contribution in [1.82, 2.24) is 0 Å². The van der Waals surface area contributed by atoms with Gasteiger partial charge in [-0.1, -0.05) is 0 Å². The number of hydrogen-bond donors (Lipinski definition) is 0. The van der Waals surface area contributed by atoms with Crippen molar-refractivity contribution in [2.75, 3.05) is 6.79 Å². The van der Waals surface area contributed by atoms with Crippen molar-refractivity contribution < 1.29 is 45.3 Å². The van der Waals surface area contributed by atoms with E-state index in [-0.39, 0.29) is 24.4 Å². The van der Waals surface area contributed by atoms with Crippen LogP contribution in [-0.4, -0.2) is 12.8 Å². The zero-order chi connectivity index (χ0) is 19.1. The maximum absolute atomic E-state index is 12.8. The van der Waals surface area contributed by atoms with Crippen LogP contribution < -0.4 is 14.2 Å². The number of carbonyl (C=O) groups excluding carboxylic acids is 1. The largest absolute Gasteiger partial charge is 0.454 e. The maximum Gasteiger partial charge on any atom is 0.416 e. The Morgan fingerprint density at radius 1 is 0.846 bits per heavy atom. The molecule has 3 rings (SSSR count). The van der Waals surface area contributed by atoms with E-state index in [1.165, 1.54) is 18.2 Å². The summed E-state index contributed by atoms with van der Waals surface area (Å²) in [7, 11) is 0. The second kappa shape index (κ2) is 6.11. The first-order valence-corrected chi connectivity index (χ1v) is 6.95. The van der Waals surface area contributed by atoms with Crippen molar-refractivity contribution >= 4 is 5.97 Å². The minimum atomic E-state index is -5.06. The second-order valence-corrected chi connectivity index (χ2v) is 5.20. The Morgan fingerprint density at radius 2 is 1.42 bits per heavy atom. The van der Waals surface area contributed by atoms with Gasteiger partial charge in [0.05, 0.1) is 16.7 Å². The van der Waals surface area contributed by atoms with Crippen molar-refractivity contribution in [1.29, 1.82) is 0 Å². The fraction of sp³-hybridized carbons (Fsp3) is 0.188. The summed E-state index contributed by atoms with van der Waals surface area (Å²) in [6.07, 6.45) is -10.1. The van der Waals surface area contributed by atoms with E-state index in [1.807, 2.05) is 0 Å². The molecule has 10 heteroatoms. The summed E-state index contributed by atoms with van der Waals surface area (Å²) < 4.78 is 91.9. The SMILES string of the molecule is O=C(Oc1ccc2c(c1)OCO2)c1cc(C(F)(F)F)cc(C(F)(F)F)c1. The normalized spacial score (nSPS) is 13.6. The molecular weight excluding hydrogens is 370 g/mol. The van der Waals surface area contributed by atoms with Gasteiger partial charge in [0.15, 0.2) is 11.5 Å². The fourth-order valence-corrected chi connectivity index (χ4v) is 2.18. The van der Waals surface area contributed by atoms with Crippen molar-refractivity contribution in [2.45, 2.75) is 12.4 Å². The number of ether oxygens (including phenoxy) is 3. The number of fused-ring (bicyclic) bond motifs is 1. The van der Waals surface area contributed by atoms with E-state index in [9.17, 15) is 31.1 Å². The monoisotopic (exact) mass is 378 g/mol.